The molecule has 0 saturated heterocycles. The topological polar surface area (TPSA) is 102 Å². The fraction of sp³-hybridized carbons (Fsp3) is 0.581. The summed E-state index contributed by atoms with van der Waals surface area (Å²) in [5.74, 6) is -1.11. The third kappa shape index (κ3) is 4.20. The maximum Gasteiger partial charge on any atom is 0.265 e. The first-order chi connectivity index (χ1) is 18.8. The Morgan fingerprint density at radius 2 is 1.90 bits per heavy atom. The Kier molecular flexibility index (Phi) is 7.16. The van der Waals surface area contributed by atoms with E-state index in [0.717, 1.165) is 18.4 Å². The summed E-state index contributed by atoms with van der Waals surface area (Å²) in [7, 11) is 1.17. The summed E-state index contributed by atoms with van der Waals surface area (Å²) in [5.41, 5.74) is 0.282. The summed E-state index contributed by atoms with van der Waals surface area (Å²) in [6.45, 7) is 12.9. The van der Waals surface area contributed by atoms with Crippen LogP contribution in [0.4, 0.5) is 0 Å². The summed E-state index contributed by atoms with van der Waals surface area (Å²) in [6, 6.07) is 7.11. The number of Topliss-reactive ketones (excluding diaryl/α,β-unsaturated/α-hetero) is 2. The maximum atomic E-state index is 14.9. The molecule has 4 atom stereocenters. The van der Waals surface area contributed by atoms with Gasteiger partial charge in [-0.15, -0.1) is 0 Å². The summed E-state index contributed by atoms with van der Waals surface area (Å²) >= 11 is 0. The van der Waals surface area contributed by atoms with Crippen molar-refractivity contribution < 1.29 is 28.4 Å². The first-order valence-electron chi connectivity index (χ1n) is 14.4. The highest BCUT2D eigenvalue weighted by molar-refractivity contribution is 6.74. The highest BCUT2D eigenvalue weighted by atomic mass is 28.4. The minimum Gasteiger partial charge on any atom is -0.508 e. The Bertz CT molecular complexity index is 1370. The number of nitrogens with zero attached hydrogens (tertiary/aromatic N) is 2. The van der Waals surface area contributed by atoms with Crippen LogP contribution >= 0.6 is 0 Å². The van der Waals surface area contributed by atoms with Crippen LogP contribution in [0.1, 0.15) is 85.0 Å². The zero-order chi connectivity index (χ0) is 29.2. The van der Waals surface area contributed by atoms with Crippen molar-refractivity contribution in [1.82, 2.24) is 10.1 Å². The van der Waals surface area contributed by atoms with Gasteiger partial charge >= 0.3 is 0 Å². The van der Waals surface area contributed by atoms with Gasteiger partial charge in [0, 0.05) is 17.1 Å². The van der Waals surface area contributed by atoms with Gasteiger partial charge in [0.25, 0.3) is 5.88 Å². The van der Waals surface area contributed by atoms with E-state index in [-0.39, 0.29) is 33.9 Å². The number of benzene rings is 1. The zero-order valence-corrected chi connectivity index (χ0v) is 26.0. The Morgan fingerprint density at radius 3 is 2.55 bits per heavy atom. The summed E-state index contributed by atoms with van der Waals surface area (Å²) in [5, 5.41) is 16.3. The van der Waals surface area contributed by atoms with Gasteiger partial charge in [-0.2, -0.15) is 0 Å². The smallest absolute Gasteiger partial charge is 0.265 e. The molecule has 1 aromatic heterocycles. The van der Waals surface area contributed by atoms with Crippen LogP contribution in [0.2, 0.25) is 18.1 Å². The van der Waals surface area contributed by atoms with Crippen molar-refractivity contribution in [3.05, 3.63) is 58.0 Å². The average molecular weight is 567 g/mol. The van der Waals surface area contributed by atoms with Crippen LogP contribution in [0.5, 0.6) is 5.88 Å². The van der Waals surface area contributed by atoms with Gasteiger partial charge in [-0.3, -0.25) is 14.5 Å². The highest BCUT2D eigenvalue weighted by Crippen LogP contribution is 2.59. The van der Waals surface area contributed by atoms with Gasteiger partial charge in [0.15, 0.2) is 25.5 Å². The molecular weight excluding hydrogens is 524 g/mol. The number of unbranched alkanes of at least 4 members (excludes halogenated alkanes) is 1. The number of aliphatic hydroxyl groups excluding tert-OH is 1. The Morgan fingerprint density at radius 1 is 1.20 bits per heavy atom. The van der Waals surface area contributed by atoms with E-state index in [1.807, 2.05) is 37.2 Å². The van der Waals surface area contributed by atoms with Crippen molar-refractivity contribution in [2.75, 3.05) is 20.7 Å². The second-order valence-corrected chi connectivity index (χ2v) is 18.0. The fourth-order valence-electron chi connectivity index (χ4n) is 6.39. The molecule has 0 amide bonds. The molecule has 0 aliphatic heterocycles. The molecule has 216 valence electrons. The maximum absolute atomic E-state index is 14.9. The summed E-state index contributed by atoms with van der Waals surface area (Å²) in [4.78, 5) is 30.8. The number of ether oxygens (including phenoxy) is 1. The van der Waals surface area contributed by atoms with Crippen LogP contribution < -0.4 is 4.74 Å². The Hall–Kier alpha value is -2.75. The van der Waals surface area contributed by atoms with E-state index in [0.29, 0.717) is 36.3 Å². The van der Waals surface area contributed by atoms with E-state index in [1.165, 1.54) is 0 Å². The van der Waals surface area contributed by atoms with Crippen LogP contribution in [0, 0.1) is 11.8 Å². The van der Waals surface area contributed by atoms with Gasteiger partial charge < -0.3 is 18.8 Å². The van der Waals surface area contributed by atoms with Crippen molar-refractivity contribution in [2.45, 2.75) is 83.2 Å². The third-order valence-corrected chi connectivity index (χ3v) is 13.9. The predicted molar refractivity (Wildman–Crippen MR) is 154 cm³/mol. The van der Waals surface area contributed by atoms with Crippen molar-refractivity contribution in [3.8, 4) is 5.88 Å². The number of carbonyl (C=O) groups is 2. The Balaban J connectivity index is 1.78. The lowest BCUT2D eigenvalue weighted by atomic mass is 9.58. The van der Waals surface area contributed by atoms with E-state index in [9.17, 15) is 14.7 Å². The van der Waals surface area contributed by atoms with Gasteiger partial charge in [0.05, 0.1) is 12.6 Å². The molecule has 5 rings (SSSR count). The average Bonchev–Trinajstić information content (AvgIpc) is 3.28. The van der Waals surface area contributed by atoms with Crippen LogP contribution in [0.3, 0.4) is 0 Å². The molecule has 1 aromatic carbocycles. The van der Waals surface area contributed by atoms with Crippen LogP contribution in [0.25, 0.3) is 0 Å². The van der Waals surface area contributed by atoms with E-state index >= 15 is 0 Å². The largest absolute Gasteiger partial charge is 0.508 e. The first kappa shape index (κ1) is 28.8. The third-order valence-electron chi connectivity index (χ3n) is 9.47. The molecule has 1 N–H and O–H groups in total. The van der Waals surface area contributed by atoms with E-state index in [2.05, 4.69) is 45.9 Å². The van der Waals surface area contributed by atoms with Crippen LogP contribution in [-0.4, -0.2) is 61.4 Å². The molecule has 0 saturated carbocycles. The van der Waals surface area contributed by atoms with Gasteiger partial charge in [-0.1, -0.05) is 58.4 Å². The van der Waals surface area contributed by atoms with Crippen molar-refractivity contribution >= 4 is 19.9 Å². The summed E-state index contributed by atoms with van der Waals surface area (Å²) in [6.07, 6.45) is 2.81. The first-order valence-corrected chi connectivity index (χ1v) is 17.3. The molecule has 1 heterocycles. The van der Waals surface area contributed by atoms with Gasteiger partial charge in [0.1, 0.15) is 11.3 Å². The van der Waals surface area contributed by atoms with Crippen LogP contribution in [-0.2, 0) is 10.8 Å². The molecule has 0 bridgehead atoms. The molecule has 3 aliphatic rings. The van der Waals surface area contributed by atoms with Gasteiger partial charge in [-0.25, -0.2) is 0 Å². The summed E-state index contributed by atoms with van der Waals surface area (Å²) < 4.78 is 18.9. The molecule has 3 aliphatic carbocycles. The highest BCUT2D eigenvalue weighted by Gasteiger charge is 2.67. The lowest BCUT2D eigenvalue weighted by Gasteiger charge is -2.55. The normalized spacial score (nSPS) is 26.4. The number of ketones is 2. The molecule has 9 heteroatoms. The molecule has 40 heavy (non-hydrogen) atoms. The Labute approximate surface area is 237 Å². The number of rotatable bonds is 7. The van der Waals surface area contributed by atoms with E-state index in [4.69, 9.17) is 13.7 Å². The molecule has 0 radical (unpaired) electrons. The standard InChI is InChI=1S/C31H42N2O6Si/c1-9-10-15-37-29-23-26(38-32-29)24(33(5)6)21-17-19-16-18-13-11-12-14-20(18)25(34)22(19)27(35)31(21,28(23)36)39-40(7,8)30(2,3)4/h11-14,19,21,24,35H,9-10,15-17H2,1-8H3/t19-,21-,24-,31-/m0/s1. The van der Waals surface area contributed by atoms with Crippen molar-refractivity contribution in [2.24, 2.45) is 11.8 Å². The van der Waals surface area contributed by atoms with E-state index in [1.54, 1.807) is 6.07 Å². The van der Waals surface area contributed by atoms with Crippen molar-refractivity contribution in [3.63, 3.8) is 0 Å². The lowest BCUT2D eigenvalue weighted by Crippen LogP contribution is -2.65. The molecule has 2 aromatic rings. The quantitative estimate of drug-likeness (QED) is 0.308. The number of hydrogen-bond donors (Lipinski definition) is 1. The van der Waals surface area contributed by atoms with Crippen LogP contribution in [0.15, 0.2) is 40.1 Å². The second kappa shape index (κ2) is 9.96. The number of hydrogen-bond acceptors (Lipinski definition) is 8. The predicted octanol–water partition coefficient (Wildman–Crippen LogP) is 6.30. The lowest BCUT2D eigenvalue weighted by molar-refractivity contribution is -0.0480. The number of aliphatic hydroxyl groups is 1. The minimum absolute atomic E-state index is 0.122. The SMILES string of the molecule is CCCCOc1noc2c1C(=O)[C@@]1(O[Si](C)(C)C(C)(C)C)C(O)=C3C(=O)c4ccccc4C[C@H]3C[C@H]1[C@@H]2N(C)C. The zero-order valence-electron chi connectivity index (χ0n) is 25.0. The molecule has 0 spiro atoms. The number of aromatic nitrogens is 1. The minimum atomic E-state index is -2.69. The molecule has 0 fully saturated rings. The van der Waals surface area contributed by atoms with Crippen molar-refractivity contribution in [1.29, 1.82) is 0 Å². The van der Waals surface area contributed by atoms with E-state index < -0.39 is 31.7 Å². The number of carbonyl (C=O) groups excluding carboxylic acids is 2. The van der Waals surface area contributed by atoms with Gasteiger partial charge in [-0.05, 0) is 68.1 Å². The number of allylic oxidation sites excluding steroid dienone is 1. The van der Waals surface area contributed by atoms with Gasteiger partial charge in [0.2, 0.25) is 5.78 Å². The fourth-order valence-corrected chi connectivity index (χ4v) is 7.85. The second-order valence-electron chi connectivity index (χ2n) is 13.3. The number of fused-ring (bicyclic) bond motifs is 4. The monoisotopic (exact) mass is 566 g/mol. The molecular formula is C31H42N2O6Si. The molecule has 0 unspecified atom stereocenters. The molecule has 8 nitrogen and oxygen atoms in total.